The van der Waals surface area contributed by atoms with Gasteiger partial charge >= 0.3 is 12.2 Å². The van der Waals surface area contributed by atoms with Gasteiger partial charge in [0, 0.05) is 21.5 Å². The van der Waals surface area contributed by atoms with E-state index in [1.54, 1.807) is 32.4 Å². The highest BCUT2D eigenvalue weighted by Gasteiger charge is 2.29. The predicted octanol–water partition coefficient (Wildman–Crippen LogP) is 8.30. The van der Waals surface area contributed by atoms with E-state index < -0.39 is 16.1 Å². The number of likely N-dealkylation sites (tertiary alicyclic amines) is 2. The Kier molecular flexibility index (Phi) is 14.7. The highest BCUT2D eigenvalue weighted by Crippen LogP contribution is 2.24. The van der Waals surface area contributed by atoms with Gasteiger partial charge in [-0.25, -0.2) is 9.59 Å². The highest BCUT2D eigenvalue weighted by molar-refractivity contribution is 14.1. The number of alkyl halides is 1. The summed E-state index contributed by atoms with van der Waals surface area (Å²) in [5.41, 5.74) is 6.15. The molecule has 254 valence electrons. The smallest absolute Gasteiger partial charge is 0.410 e. The number of aliphatic imine (C=N–C) groups is 1. The summed E-state index contributed by atoms with van der Waals surface area (Å²) in [4.78, 5) is 30.9. The summed E-state index contributed by atoms with van der Waals surface area (Å²) in [6.45, 7) is 13.7. The number of carbonyl (C=O) groups excluding carboxylic acids is 2. The summed E-state index contributed by atoms with van der Waals surface area (Å²) in [6, 6.07) is 14.7. The average molecular weight is 772 g/mol. The summed E-state index contributed by atoms with van der Waals surface area (Å²) >= 11 is 6.25. The molecule has 2 aromatic carbocycles. The molecule has 3 atom stereocenters. The van der Waals surface area contributed by atoms with Gasteiger partial charge in [-0.15, -0.1) is 0 Å². The molecule has 2 N–H and O–H groups in total. The summed E-state index contributed by atoms with van der Waals surface area (Å²) in [5, 5.41) is 2.33. The van der Waals surface area contributed by atoms with Crippen LogP contribution in [0.3, 0.4) is 0 Å². The Labute approximate surface area is 295 Å². The van der Waals surface area contributed by atoms with E-state index >= 15 is 0 Å². The Morgan fingerprint density at radius 1 is 0.891 bits per heavy atom. The SMILES string of the molecule is CC(C)(C)OC(=O)N1CCCC(Oc2ccc(N)cc2)C1.CC(C)(C)OC(=O)N1CCCC(Oc2ccc(N=C=S)cc2)C1.[2H]C([3H])I. The maximum absolute atomic E-state index is 12.1. The molecule has 2 amide bonds. The topological polar surface area (TPSA) is 116 Å². The van der Waals surface area contributed by atoms with Crippen molar-refractivity contribution in [2.75, 3.05) is 36.8 Å². The number of carbonyl (C=O) groups is 2. The van der Waals surface area contributed by atoms with E-state index in [0.29, 0.717) is 25.3 Å². The molecule has 0 aromatic heterocycles. The number of isothiocyanates is 1. The Bertz CT molecular complexity index is 1330. The van der Waals surface area contributed by atoms with Gasteiger partial charge in [0.25, 0.3) is 0 Å². The lowest BCUT2D eigenvalue weighted by molar-refractivity contribution is 0.00713. The third kappa shape index (κ3) is 15.0. The van der Waals surface area contributed by atoms with Crippen LogP contribution in [0.25, 0.3) is 0 Å². The molecule has 10 nitrogen and oxygen atoms in total. The fourth-order valence-corrected chi connectivity index (χ4v) is 4.74. The van der Waals surface area contributed by atoms with Crippen LogP contribution >= 0.6 is 34.8 Å². The summed E-state index contributed by atoms with van der Waals surface area (Å²) in [7, 11) is 0. The molecule has 12 heteroatoms. The molecule has 2 fully saturated rings. The van der Waals surface area contributed by atoms with Crippen molar-refractivity contribution in [1.29, 1.82) is 0 Å². The van der Waals surface area contributed by atoms with Gasteiger partial charge in [0.05, 0.1) is 23.9 Å². The first-order valence-electron chi connectivity index (χ1n) is 16.4. The summed E-state index contributed by atoms with van der Waals surface area (Å²) < 4.78 is 35.2. The van der Waals surface area contributed by atoms with E-state index in [-0.39, 0.29) is 24.4 Å². The van der Waals surface area contributed by atoms with Crippen LogP contribution in [0, 0.1) is 0 Å². The first-order chi connectivity index (χ1) is 22.4. The highest BCUT2D eigenvalue weighted by atomic mass is 127. The van der Waals surface area contributed by atoms with Gasteiger partial charge in [-0.3, -0.25) is 0 Å². The van der Waals surface area contributed by atoms with Crippen LogP contribution in [0.5, 0.6) is 11.5 Å². The number of piperidine rings is 2. The van der Waals surface area contributed by atoms with E-state index in [4.69, 9.17) is 27.4 Å². The van der Waals surface area contributed by atoms with Crippen LogP contribution in [-0.4, -0.2) is 81.6 Å². The van der Waals surface area contributed by atoms with E-state index in [1.165, 1.54) is 0 Å². The van der Waals surface area contributed by atoms with Gasteiger partial charge in [-0.2, -0.15) is 4.99 Å². The lowest BCUT2D eigenvalue weighted by atomic mass is 10.1. The molecule has 0 radical (unpaired) electrons. The minimum atomic E-state index is -0.697. The number of nitrogens with zero attached hydrogens (tertiary/aromatic N) is 3. The Morgan fingerprint density at radius 2 is 1.28 bits per heavy atom. The standard InChI is InChI=1S/C17H22N2O3S.C16H24N2O3.CH3I/c1-17(2,3)22-16(20)19-10-4-5-15(11-19)21-14-8-6-13(7-9-14)18-12-23;1-16(2,3)21-15(19)18-10-4-5-14(11-18)20-13-8-6-12(17)7-9-13;1-2/h6-9,15H,4-5,10-11H2,1-3H3;6-9,14H,4-5,10-11,17H2,1-3H3;1H3/i;;1TD. The van der Waals surface area contributed by atoms with E-state index in [0.717, 1.165) is 49.4 Å². The average Bonchev–Trinajstić information content (AvgIpc) is 2.98. The molecule has 0 aliphatic carbocycles. The first kappa shape index (κ1) is 35.8. The summed E-state index contributed by atoms with van der Waals surface area (Å²) in [6.07, 6.45) is 3.08. The second-order valence-electron chi connectivity index (χ2n) is 12.9. The second kappa shape index (κ2) is 18.9. The third-order valence-corrected chi connectivity index (χ3v) is 6.65. The van der Waals surface area contributed by atoms with Crippen LogP contribution in [0.1, 0.15) is 70.0 Å². The van der Waals surface area contributed by atoms with Crippen molar-refractivity contribution in [1.82, 2.24) is 9.80 Å². The van der Waals surface area contributed by atoms with E-state index in [9.17, 15) is 9.59 Å². The number of rotatable bonds is 5. The number of ether oxygens (including phenoxy) is 4. The molecule has 0 saturated carbocycles. The van der Waals surface area contributed by atoms with Gasteiger partial charge in [-0.05, 0) is 133 Å². The van der Waals surface area contributed by atoms with Crippen molar-refractivity contribution in [2.45, 2.75) is 90.6 Å². The van der Waals surface area contributed by atoms with E-state index in [1.807, 2.05) is 90.1 Å². The van der Waals surface area contributed by atoms with E-state index in [2.05, 4.69) is 22.4 Å². The van der Waals surface area contributed by atoms with Gasteiger partial charge in [0.1, 0.15) is 34.9 Å². The zero-order valence-electron chi connectivity index (χ0n) is 29.7. The van der Waals surface area contributed by atoms with Crippen molar-refractivity contribution in [3.8, 4) is 11.5 Å². The Morgan fingerprint density at radius 3 is 1.65 bits per heavy atom. The molecule has 2 heterocycles. The fraction of sp³-hybridized carbons (Fsp3) is 0.559. The lowest BCUT2D eigenvalue weighted by Gasteiger charge is -2.34. The van der Waals surface area contributed by atoms with Gasteiger partial charge < -0.3 is 34.5 Å². The van der Waals surface area contributed by atoms with Crippen molar-refractivity contribution in [2.24, 2.45) is 4.99 Å². The normalized spacial score (nSPS) is 19.2. The van der Waals surface area contributed by atoms with Crippen molar-refractivity contribution < 1.29 is 31.3 Å². The molecule has 0 bridgehead atoms. The molecular formula is C34H49IN4O6S. The quantitative estimate of drug-likeness (QED) is 0.106. The number of amides is 2. The molecule has 46 heavy (non-hydrogen) atoms. The van der Waals surface area contributed by atoms with Crippen LogP contribution in [0.4, 0.5) is 21.0 Å². The molecule has 2 aromatic rings. The molecular weight excluding hydrogens is 719 g/mol. The molecule has 2 aliphatic heterocycles. The maximum Gasteiger partial charge on any atom is 0.410 e. The van der Waals surface area contributed by atoms with Crippen LogP contribution in [0.2, 0.25) is 0 Å². The van der Waals surface area contributed by atoms with Gasteiger partial charge in [0.15, 0.2) is 0 Å². The third-order valence-electron chi connectivity index (χ3n) is 6.56. The molecule has 2 aliphatic rings. The number of nitrogens with two attached hydrogens (primary N) is 1. The predicted molar refractivity (Wildman–Crippen MR) is 195 cm³/mol. The summed E-state index contributed by atoms with van der Waals surface area (Å²) in [5.74, 6) is 1.53. The number of nitrogen functional groups attached to an aromatic ring is 1. The molecule has 2 saturated heterocycles. The van der Waals surface area contributed by atoms with Crippen molar-refractivity contribution >= 4 is 63.5 Å². The molecule has 0 spiro atoms. The Hall–Kier alpha value is -3.09. The largest absolute Gasteiger partial charge is 0.489 e. The van der Waals surface area contributed by atoms with Crippen LogP contribution < -0.4 is 15.2 Å². The van der Waals surface area contributed by atoms with Gasteiger partial charge in [-0.1, -0.05) is 22.6 Å². The number of benzene rings is 2. The zero-order valence-corrected chi connectivity index (χ0v) is 30.6. The number of thiocarbonyl (C=S) groups is 1. The van der Waals surface area contributed by atoms with Crippen LogP contribution in [0.15, 0.2) is 53.5 Å². The minimum absolute atomic E-state index is 0.00473. The lowest BCUT2D eigenvalue weighted by Crippen LogP contribution is -2.46. The Balaban J connectivity index is 0.000000301. The first-order valence-corrected chi connectivity index (χ1v) is 16.9. The zero-order chi connectivity index (χ0) is 35.9. The molecule has 3 unspecified atom stereocenters. The number of halogens is 1. The van der Waals surface area contributed by atoms with Gasteiger partial charge in [0.2, 0.25) is 0 Å². The fourth-order valence-electron chi connectivity index (χ4n) is 4.64. The number of anilines is 1. The van der Waals surface area contributed by atoms with Crippen LogP contribution in [-0.2, 0) is 9.47 Å². The monoisotopic (exact) mass is 771 g/mol. The maximum atomic E-state index is 12.1. The number of hydrogen-bond donors (Lipinski definition) is 1. The molecule has 4 rings (SSSR count). The second-order valence-corrected chi connectivity index (χ2v) is 13.1. The van der Waals surface area contributed by atoms with Crippen molar-refractivity contribution in [3.63, 3.8) is 0 Å². The van der Waals surface area contributed by atoms with Crippen molar-refractivity contribution in [3.05, 3.63) is 48.5 Å². The number of hydrogen-bond acceptors (Lipinski definition) is 9. The minimum Gasteiger partial charge on any atom is -0.489 e.